The van der Waals surface area contributed by atoms with Crippen LogP contribution in [0.2, 0.25) is 0 Å². The third-order valence-electron chi connectivity index (χ3n) is 5.30. The molecule has 1 N–H and O–H groups in total. The van der Waals surface area contributed by atoms with E-state index in [9.17, 15) is 0 Å². The van der Waals surface area contributed by atoms with E-state index < -0.39 is 0 Å². The van der Waals surface area contributed by atoms with Gasteiger partial charge < -0.3 is 24.4 Å². The number of rotatable bonds is 9. The number of aliphatic imine (C=N–C) groups is 1. The molecule has 2 aromatic rings. The molecule has 0 spiro atoms. The lowest BCUT2D eigenvalue weighted by molar-refractivity contribution is 0.0322. The second-order valence-corrected chi connectivity index (χ2v) is 7.52. The zero-order valence-corrected chi connectivity index (χ0v) is 18.8. The highest BCUT2D eigenvalue weighted by atomic mass is 16.5. The number of benzene rings is 2. The summed E-state index contributed by atoms with van der Waals surface area (Å²) < 4.78 is 16.8. The van der Waals surface area contributed by atoms with Gasteiger partial charge >= 0.3 is 0 Å². The van der Waals surface area contributed by atoms with Gasteiger partial charge in [0.25, 0.3) is 0 Å². The van der Waals surface area contributed by atoms with Gasteiger partial charge in [0.2, 0.25) is 0 Å². The summed E-state index contributed by atoms with van der Waals surface area (Å²) in [5, 5.41) is 3.44. The maximum absolute atomic E-state index is 5.97. The third-order valence-corrected chi connectivity index (χ3v) is 5.30. The summed E-state index contributed by atoms with van der Waals surface area (Å²) >= 11 is 0. The van der Waals surface area contributed by atoms with Crippen LogP contribution in [0.4, 0.5) is 0 Å². The number of morpholine rings is 1. The monoisotopic (exact) mass is 426 g/mol. The van der Waals surface area contributed by atoms with Crippen LogP contribution in [0.15, 0.2) is 53.5 Å². The van der Waals surface area contributed by atoms with E-state index in [1.165, 1.54) is 0 Å². The van der Waals surface area contributed by atoms with Crippen LogP contribution in [0.1, 0.15) is 11.1 Å². The maximum Gasteiger partial charge on any atom is 0.193 e. The van der Waals surface area contributed by atoms with Gasteiger partial charge in [0, 0.05) is 52.4 Å². The van der Waals surface area contributed by atoms with E-state index >= 15 is 0 Å². The SMILES string of the molecule is CN=C(NCc1cccc(OCCN2CCOCC2)c1)N(C)Cc1ccccc1OC. The van der Waals surface area contributed by atoms with Crippen LogP contribution in [0.25, 0.3) is 0 Å². The highest BCUT2D eigenvalue weighted by Crippen LogP contribution is 2.19. The van der Waals surface area contributed by atoms with Gasteiger partial charge in [-0.2, -0.15) is 0 Å². The zero-order chi connectivity index (χ0) is 21.9. The number of nitrogens with one attached hydrogen (secondary N) is 1. The van der Waals surface area contributed by atoms with Crippen LogP contribution < -0.4 is 14.8 Å². The quantitative estimate of drug-likeness (QED) is 0.491. The summed E-state index contributed by atoms with van der Waals surface area (Å²) in [6.45, 7) is 6.57. The van der Waals surface area contributed by atoms with E-state index in [0.717, 1.165) is 61.4 Å². The Morgan fingerprint density at radius 2 is 1.97 bits per heavy atom. The van der Waals surface area contributed by atoms with Gasteiger partial charge in [0.15, 0.2) is 5.96 Å². The molecule has 31 heavy (non-hydrogen) atoms. The molecular formula is C24H34N4O3. The Labute approximate surface area is 185 Å². The first-order chi connectivity index (χ1) is 15.2. The fourth-order valence-electron chi connectivity index (χ4n) is 3.59. The number of methoxy groups -OCH3 is 1. The summed E-state index contributed by atoms with van der Waals surface area (Å²) in [7, 11) is 5.51. The number of nitrogens with zero attached hydrogens (tertiary/aromatic N) is 3. The van der Waals surface area contributed by atoms with E-state index in [0.29, 0.717) is 19.7 Å². The fourth-order valence-corrected chi connectivity index (χ4v) is 3.59. The van der Waals surface area contributed by atoms with Crippen molar-refractivity contribution < 1.29 is 14.2 Å². The van der Waals surface area contributed by atoms with E-state index in [-0.39, 0.29) is 0 Å². The van der Waals surface area contributed by atoms with Crippen molar-refractivity contribution in [2.45, 2.75) is 13.1 Å². The third kappa shape index (κ3) is 7.15. The van der Waals surface area contributed by atoms with Crippen molar-refractivity contribution in [3.63, 3.8) is 0 Å². The number of para-hydroxylation sites is 1. The Morgan fingerprint density at radius 3 is 2.74 bits per heavy atom. The van der Waals surface area contributed by atoms with Crippen LogP contribution in [0.3, 0.4) is 0 Å². The molecule has 1 heterocycles. The second kappa shape index (κ2) is 12.2. The Kier molecular flexibility index (Phi) is 8.99. The van der Waals surface area contributed by atoms with Crippen LogP contribution in [-0.2, 0) is 17.8 Å². The number of guanidine groups is 1. The number of hydrogen-bond donors (Lipinski definition) is 1. The van der Waals surface area contributed by atoms with Crippen molar-refractivity contribution >= 4 is 5.96 Å². The van der Waals surface area contributed by atoms with Crippen LogP contribution in [0, 0.1) is 0 Å². The molecule has 3 rings (SSSR count). The Morgan fingerprint density at radius 1 is 1.16 bits per heavy atom. The first kappa shape index (κ1) is 22.9. The largest absolute Gasteiger partial charge is 0.496 e. The molecule has 0 unspecified atom stereocenters. The van der Waals surface area contributed by atoms with Crippen molar-refractivity contribution in [1.82, 2.24) is 15.1 Å². The smallest absolute Gasteiger partial charge is 0.193 e. The minimum Gasteiger partial charge on any atom is -0.496 e. The average Bonchev–Trinajstić information content (AvgIpc) is 2.81. The highest BCUT2D eigenvalue weighted by Gasteiger charge is 2.11. The van der Waals surface area contributed by atoms with Crippen molar-refractivity contribution in [1.29, 1.82) is 0 Å². The molecule has 168 valence electrons. The maximum atomic E-state index is 5.97. The molecule has 7 heteroatoms. The van der Waals surface area contributed by atoms with Crippen LogP contribution in [-0.4, -0.2) is 76.4 Å². The Hall–Kier alpha value is -2.77. The minimum atomic E-state index is 0.670. The predicted octanol–water partition coefficient (Wildman–Crippen LogP) is 2.61. The van der Waals surface area contributed by atoms with Crippen LogP contribution >= 0.6 is 0 Å². The summed E-state index contributed by atoms with van der Waals surface area (Å²) in [5.41, 5.74) is 2.27. The molecule has 0 atom stereocenters. The van der Waals surface area contributed by atoms with Crippen molar-refractivity contribution in [3.8, 4) is 11.5 Å². The zero-order valence-electron chi connectivity index (χ0n) is 18.8. The lowest BCUT2D eigenvalue weighted by atomic mass is 10.2. The molecule has 7 nitrogen and oxygen atoms in total. The molecule has 1 aliphatic rings. The molecule has 0 bridgehead atoms. The molecule has 1 aliphatic heterocycles. The summed E-state index contributed by atoms with van der Waals surface area (Å²) in [6.07, 6.45) is 0. The molecule has 0 aromatic heterocycles. The van der Waals surface area contributed by atoms with E-state index in [2.05, 4.69) is 38.3 Å². The Bertz CT molecular complexity index is 837. The molecule has 0 aliphatic carbocycles. The topological polar surface area (TPSA) is 58.6 Å². The first-order valence-electron chi connectivity index (χ1n) is 10.7. The molecule has 1 fully saturated rings. The average molecular weight is 427 g/mol. The molecule has 0 amide bonds. The van der Waals surface area contributed by atoms with Gasteiger partial charge in [0.1, 0.15) is 18.1 Å². The lowest BCUT2D eigenvalue weighted by Gasteiger charge is -2.26. The van der Waals surface area contributed by atoms with Crippen LogP contribution in [0.5, 0.6) is 11.5 Å². The van der Waals surface area contributed by atoms with Gasteiger partial charge in [0.05, 0.1) is 20.3 Å². The summed E-state index contributed by atoms with van der Waals surface area (Å²) in [5.74, 6) is 2.60. The second-order valence-electron chi connectivity index (χ2n) is 7.52. The highest BCUT2D eigenvalue weighted by molar-refractivity contribution is 5.79. The first-order valence-corrected chi connectivity index (χ1v) is 10.7. The Balaban J connectivity index is 1.49. The fraction of sp³-hybridized carbons (Fsp3) is 0.458. The van der Waals surface area contributed by atoms with Crippen molar-refractivity contribution in [2.24, 2.45) is 4.99 Å². The standard InChI is InChI=1S/C24H34N4O3/c1-25-24(27(2)19-21-8-4-5-10-23(21)29-3)26-18-20-7-6-9-22(17-20)31-16-13-28-11-14-30-15-12-28/h4-10,17H,11-16,18-19H2,1-3H3,(H,25,26). The van der Waals surface area contributed by atoms with E-state index in [4.69, 9.17) is 14.2 Å². The molecule has 0 saturated carbocycles. The van der Waals surface area contributed by atoms with Gasteiger partial charge in [-0.1, -0.05) is 30.3 Å². The van der Waals surface area contributed by atoms with Gasteiger partial charge in [-0.15, -0.1) is 0 Å². The van der Waals surface area contributed by atoms with Gasteiger partial charge in [-0.3, -0.25) is 9.89 Å². The molecular weight excluding hydrogens is 392 g/mol. The normalized spacial score (nSPS) is 14.9. The number of hydrogen-bond acceptors (Lipinski definition) is 5. The molecule has 1 saturated heterocycles. The number of ether oxygens (including phenoxy) is 3. The van der Waals surface area contributed by atoms with Crippen molar-refractivity contribution in [2.75, 3.05) is 60.7 Å². The van der Waals surface area contributed by atoms with Crippen molar-refractivity contribution in [3.05, 3.63) is 59.7 Å². The van der Waals surface area contributed by atoms with E-state index in [1.54, 1.807) is 14.2 Å². The summed E-state index contributed by atoms with van der Waals surface area (Å²) in [6, 6.07) is 16.3. The van der Waals surface area contributed by atoms with Gasteiger partial charge in [-0.05, 0) is 23.8 Å². The van der Waals surface area contributed by atoms with Gasteiger partial charge in [-0.25, -0.2) is 0 Å². The lowest BCUT2D eigenvalue weighted by Crippen LogP contribution is -2.38. The molecule has 0 radical (unpaired) electrons. The predicted molar refractivity (Wildman–Crippen MR) is 124 cm³/mol. The summed E-state index contributed by atoms with van der Waals surface area (Å²) in [4.78, 5) is 8.88. The van der Waals surface area contributed by atoms with E-state index in [1.807, 2.05) is 37.4 Å². The molecule has 2 aromatic carbocycles. The minimum absolute atomic E-state index is 0.670.